The predicted octanol–water partition coefficient (Wildman–Crippen LogP) is 6.49. The fraction of sp³-hybridized carbons (Fsp3) is 0.519. The second-order valence-corrected chi connectivity index (χ2v) is 13.5. The molecule has 0 spiro atoms. The third-order valence-corrected chi connectivity index (χ3v) is 11.0. The number of nitrogens with one attached hydrogen (secondary N) is 1. The van der Waals surface area contributed by atoms with E-state index in [0.29, 0.717) is 16.9 Å². The fourth-order valence-corrected chi connectivity index (χ4v) is 7.52. The molecular formula is C27H37Cl2N3O3S2. The topological polar surface area (TPSA) is 75.3 Å². The summed E-state index contributed by atoms with van der Waals surface area (Å²) in [5, 5.41) is 0.811. The van der Waals surface area contributed by atoms with Crippen LogP contribution in [0, 0.1) is 5.92 Å². The summed E-state index contributed by atoms with van der Waals surface area (Å²) in [6.07, 6.45) is 6.69. The van der Waals surface area contributed by atoms with E-state index in [2.05, 4.69) is 48.0 Å². The minimum Gasteiger partial charge on any atom is -0.381 e. The van der Waals surface area contributed by atoms with Crippen molar-refractivity contribution in [3.63, 3.8) is 0 Å². The van der Waals surface area contributed by atoms with Crippen LogP contribution in [-0.2, 0) is 14.6 Å². The highest BCUT2D eigenvalue weighted by atomic mass is 35.5. The third kappa shape index (κ3) is 6.78. The zero-order valence-electron chi connectivity index (χ0n) is 21.6. The summed E-state index contributed by atoms with van der Waals surface area (Å²) in [6.45, 7) is 3.82. The van der Waals surface area contributed by atoms with Crippen LogP contribution in [0.2, 0.25) is 0 Å². The van der Waals surface area contributed by atoms with Crippen molar-refractivity contribution in [2.24, 2.45) is 5.92 Å². The first-order valence-electron chi connectivity index (χ1n) is 12.6. The van der Waals surface area contributed by atoms with E-state index in [-0.39, 0.29) is 36.0 Å². The highest BCUT2D eigenvalue weighted by molar-refractivity contribution is 7.92. The number of hydrogen-bond donors (Lipinski definition) is 1. The number of benzene rings is 1. The van der Waals surface area contributed by atoms with Gasteiger partial charge in [-0.05, 0) is 88.9 Å². The average Bonchev–Trinajstić information content (AvgIpc) is 3.43. The summed E-state index contributed by atoms with van der Waals surface area (Å²) in [6, 6.07) is 12.3. The Morgan fingerprint density at radius 3 is 2.35 bits per heavy atom. The van der Waals surface area contributed by atoms with Crippen molar-refractivity contribution >= 4 is 46.0 Å². The Bertz CT molecular complexity index is 1250. The van der Waals surface area contributed by atoms with Gasteiger partial charge in [0.15, 0.2) is 9.84 Å². The first-order valence-corrected chi connectivity index (χ1v) is 14.9. The second kappa shape index (κ2) is 12.6. The number of thiazole rings is 1. The number of rotatable bonds is 9. The van der Waals surface area contributed by atoms with E-state index in [1.54, 1.807) is 23.5 Å². The van der Waals surface area contributed by atoms with Crippen molar-refractivity contribution in [3.8, 4) is 10.7 Å². The smallest absolute Gasteiger partial charge is 0.181 e. The van der Waals surface area contributed by atoms with Gasteiger partial charge in [-0.1, -0.05) is 12.1 Å². The monoisotopic (exact) mass is 585 g/mol. The lowest BCUT2D eigenvalue weighted by Gasteiger charge is -2.27. The zero-order valence-corrected chi connectivity index (χ0v) is 24.8. The summed E-state index contributed by atoms with van der Waals surface area (Å²) >= 11 is 1.72. The maximum Gasteiger partial charge on any atom is 0.181 e. The quantitative estimate of drug-likeness (QED) is 0.310. The van der Waals surface area contributed by atoms with Crippen LogP contribution in [0.25, 0.3) is 10.7 Å². The highest BCUT2D eigenvalue weighted by Gasteiger charge is 2.37. The molecule has 0 radical (unpaired) electrons. The average molecular weight is 587 g/mol. The molecule has 2 fully saturated rings. The first-order chi connectivity index (χ1) is 16.8. The van der Waals surface area contributed by atoms with Crippen LogP contribution in [0.5, 0.6) is 0 Å². The first kappa shape index (κ1) is 30.1. The number of sulfone groups is 1. The van der Waals surface area contributed by atoms with Crippen LogP contribution in [0.3, 0.4) is 0 Å². The molecule has 1 N–H and O–H groups in total. The summed E-state index contributed by atoms with van der Waals surface area (Å²) in [4.78, 5) is 12.2. The van der Waals surface area contributed by atoms with E-state index in [9.17, 15) is 8.42 Å². The molecule has 1 saturated heterocycles. The number of ether oxygens (including phenoxy) is 1. The summed E-state index contributed by atoms with van der Waals surface area (Å²) in [5.74, 6) is 0.757. The van der Waals surface area contributed by atoms with Gasteiger partial charge in [-0.2, -0.15) is 0 Å². The van der Waals surface area contributed by atoms with E-state index in [4.69, 9.17) is 4.74 Å². The molecule has 2 atom stereocenters. The Labute approximate surface area is 237 Å². The van der Waals surface area contributed by atoms with Gasteiger partial charge >= 0.3 is 0 Å². The maximum atomic E-state index is 12.7. The molecule has 1 saturated carbocycles. The van der Waals surface area contributed by atoms with Gasteiger partial charge in [0, 0.05) is 41.9 Å². The van der Waals surface area contributed by atoms with Crippen LogP contribution < -0.4 is 0 Å². The Morgan fingerprint density at radius 1 is 1.05 bits per heavy atom. The second-order valence-electron chi connectivity index (χ2n) is 10.2. The van der Waals surface area contributed by atoms with Crippen molar-refractivity contribution in [1.82, 2.24) is 14.9 Å². The fourth-order valence-electron chi connectivity index (χ4n) is 4.82. The number of aromatic amines is 1. The van der Waals surface area contributed by atoms with Gasteiger partial charge in [-0.15, -0.1) is 36.2 Å². The number of aromatic nitrogens is 2. The van der Waals surface area contributed by atoms with Crippen molar-refractivity contribution in [2.75, 3.05) is 27.3 Å². The van der Waals surface area contributed by atoms with Gasteiger partial charge in [0.2, 0.25) is 0 Å². The minimum atomic E-state index is -3.18. The van der Waals surface area contributed by atoms with E-state index >= 15 is 0 Å². The number of H-pyrrole nitrogens is 1. The molecule has 0 amide bonds. The molecule has 1 aliphatic heterocycles. The van der Waals surface area contributed by atoms with Crippen LogP contribution in [0.4, 0.5) is 0 Å². The van der Waals surface area contributed by atoms with Gasteiger partial charge in [-0.3, -0.25) is 0 Å². The van der Waals surface area contributed by atoms with Crippen molar-refractivity contribution in [1.29, 1.82) is 0 Å². The molecule has 1 aliphatic carbocycles. The van der Waals surface area contributed by atoms with E-state index < -0.39 is 9.84 Å². The number of nitrogens with zero attached hydrogens (tertiary/aromatic N) is 2. The van der Waals surface area contributed by atoms with Gasteiger partial charge in [0.25, 0.3) is 0 Å². The van der Waals surface area contributed by atoms with Crippen LogP contribution in [0.1, 0.15) is 67.1 Å². The van der Waals surface area contributed by atoms with E-state index in [0.717, 1.165) is 67.3 Å². The summed E-state index contributed by atoms with van der Waals surface area (Å²) in [5.41, 5.74) is 3.34. The highest BCUT2D eigenvalue weighted by Crippen LogP contribution is 2.38. The maximum absolute atomic E-state index is 12.7. The van der Waals surface area contributed by atoms with Crippen molar-refractivity contribution in [3.05, 3.63) is 58.7 Å². The van der Waals surface area contributed by atoms with Crippen molar-refractivity contribution in [2.45, 2.75) is 61.1 Å². The molecule has 2 aromatic heterocycles. The van der Waals surface area contributed by atoms with Crippen molar-refractivity contribution < 1.29 is 13.2 Å². The van der Waals surface area contributed by atoms with E-state index in [1.807, 2.05) is 18.3 Å². The van der Waals surface area contributed by atoms with Gasteiger partial charge in [-0.25, -0.2) is 13.4 Å². The molecule has 37 heavy (non-hydrogen) atoms. The molecule has 5 rings (SSSR count). The molecule has 10 heteroatoms. The Kier molecular flexibility index (Phi) is 10.3. The number of halogens is 2. The van der Waals surface area contributed by atoms with Crippen LogP contribution >= 0.6 is 36.2 Å². The molecule has 6 nitrogen and oxygen atoms in total. The molecule has 0 bridgehead atoms. The van der Waals surface area contributed by atoms with Gasteiger partial charge in [0.1, 0.15) is 5.01 Å². The zero-order chi connectivity index (χ0) is 24.6. The molecule has 3 aromatic rings. The molecule has 204 valence electrons. The third-order valence-electron chi connectivity index (χ3n) is 7.51. The Balaban J connectivity index is 0.00000190. The molecule has 2 unspecified atom stereocenters. The predicted molar refractivity (Wildman–Crippen MR) is 155 cm³/mol. The Hall–Kier alpha value is -1.42. The largest absolute Gasteiger partial charge is 0.381 e. The Morgan fingerprint density at radius 2 is 1.73 bits per heavy atom. The van der Waals surface area contributed by atoms with Crippen LogP contribution in [0.15, 0.2) is 47.5 Å². The summed E-state index contributed by atoms with van der Waals surface area (Å²) < 4.78 is 31.0. The minimum absolute atomic E-state index is 0. The van der Waals surface area contributed by atoms with Gasteiger partial charge in [0.05, 0.1) is 15.8 Å². The van der Waals surface area contributed by atoms with E-state index in [1.165, 1.54) is 4.88 Å². The molecule has 2 aliphatic rings. The lowest BCUT2D eigenvalue weighted by atomic mass is 9.83. The van der Waals surface area contributed by atoms with Gasteiger partial charge < -0.3 is 14.6 Å². The normalized spacial score (nSPS) is 18.2. The lowest BCUT2D eigenvalue weighted by Crippen LogP contribution is -2.19. The van der Waals surface area contributed by atoms with Crippen LogP contribution in [-0.4, -0.2) is 55.8 Å². The standard InChI is InChI=1S/C27H35N3O3S2.2ClH/c1-18(30(2)3)26-17-28-27(34-26)25-11-10-24(29-25)23(16-19-12-14-33-15-13-19)20-4-6-21(7-5-20)35(31,32)22-8-9-22;;/h4-7,10-11,17-19,22-23,29H,8-9,12-16H2,1-3H3;2*1H. The number of hydrogen-bond acceptors (Lipinski definition) is 6. The lowest BCUT2D eigenvalue weighted by molar-refractivity contribution is 0.0626. The SMILES string of the molecule is CC(c1cnc(-c2ccc(C(CC3CCOCC3)c3ccc(S(=O)(=O)C4CC4)cc3)[nH]2)s1)N(C)C.Cl.Cl. The molecule has 1 aromatic carbocycles. The molecule has 3 heterocycles. The summed E-state index contributed by atoms with van der Waals surface area (Å²) in [7, 11) is 0.987. The molecular weight excluding hydrogens is 549 g/mol.